The molecule has 0 bridgehead atoms. The number of hydrogen-bond acceptors (Lipinski definition) is 4. The van der Waals surface area contributed by atoms with Crippen molar-refractivity contribution in [1.82, 2.24) is 10.2 Å². The third-order valence-corrected chi connectivity index (χ3v) is 4.93. The number of fused-ring (bicyclic) bond motifs is 1. The maximum atomic E-state index is 12.6. The number of nitrogens with one attached hydrogen (secondary N) is 1. The van der Waals surface area contributed by atoms with Crippen molar-refractivity contribution in [2.75, 3.05) is 26.2 Å². The van der Waals surface area contributed by atoms with Crippen LogP contribution in [0.1, 0.15) is 10.4 Å². The van der Waals surface area contributed by atoms with Crippen LogP contribution in [-0.2, 0) is 0 Å². The molecule has 1 N–H and O–H groups in total. The lowest BCUT2D eigenvalue weighted by Crippen LogP contribution is -2.32. The van der Waals surface area contributed by atoms with Gasteiger partial charge in [0.15, 0.2) is 0 Å². The third-order valence-electron chi connectivity index (χ3n) is 4.13. The van der Waals surface area contributed by atoms with Gasteiger partial charge >= 0.3 is 0 Å². The average Bonchev–Trinajstić information content (AvgIpc) is 3.01. The molecule has 2 heterocycles. The Labute approximate surface area is 131 Å². The number of nitro benzene ring substituents is 1. The number of amides is 1. The second-order valence-corrected chi connectivity index (χ2v) is 6.22. The van der Waals surface area contributed by atoms with Crippen LogP contribution in [-0.4, -0.2) is 41.9 Å². The van der Waals surface area contributed by atoms with Gasteiger partial charge in [-0.1, -0.05) is 23.2 Å². The van der Waals surface area contributed by atoms with Gasteiger partial charge < -0.3 is 10.2 Å². The zero-order valence-electron chi connectivity index (χ0n) is 11.0. The molecule has 2 aliphatic rings. The van der Waals surface area contributed by atoms with Crippen LogP contribution in [0.5, 0.6) is 0 Å². The van der Waals surface area contributed by atoms with Crippen LogP contribution in [0.3, 0.4) is 0 Å². The number of carbonyl (C=O) groups excluding carboxylic acids is 1. The summed E-state index contributed by atoms with van der Waals surface area (Å²) in [6, 6.07) is 2.35. The Bertz CT molecular complexity index is 611. The highest BCUT2D eigenvalue weighted by atomic mass is 35.5. The van der Waals surface area contributed by atoms with E-state index >= 15 is 0 Å². The van der Waals surface area contributed by atoms with Gasteiger partial charge in [-0.15, -0.1) is 0 Å². The SMILES string of the molecule is O=C(c1cc([N+](=O)[O-])cc(Cl)c1Cl)N1C[C@H]2CNC[C@H]2C1. The summed E-state index contributed by atoms with van der Waals surface area (Å²) in [7, 11) is 0. The van der Waals surface area contributed by atoms with Gasteiger partial charge in [0.25, 0.3) is 11.6 Å². The van der Waals surface area contributed by atoms with E-state index in [1.54, 1.807) is 4.90 Å². The minimum absolute atomic E-state index is 0.0234. The zero-order valence-corrected chi connectivity index (χ0v) is 12.5. The molecule has 6 nitrogen and oxygen atoms in total. The highest BCUT2D eigenvalue weighted by molar-refractivity contribution is 6.44. The van der Waals surface area contributed by atoms with Crippen LogP contribution >= 0.6 is 23.2 Å². The number of hydrogen-bond donors (Lipinski definition) is 1. The Hall–Kier alpha value is -1.37. The summed E-state index contributed by atoms with van der Waals surface area (Å²) in [5.74, 6) is 0.601. The summed E-state index contributed by atoms with van der Waals surface area (Å²) in [5, 5.41) is 14.3. The standard InChI is InChI=1S/C13H13Cl2N3O3/c14-11-2-9(18(20)21)1-10(12(11)15)13(19)17-5-7-3-16-4-8(7)6-17/h1-2,7-8,16H,3-6H2/t7-,8+. The van der Waals surface area contributed by atoms with Crippen LogP contribution in [0.15, 0.2) is 12.1 Å². The van der Waals surface area contributed by atoms with Crippen LogP contribution in [0.4, 0.5) is 5.69 Å². The average molecular weight is 330 g/mol. The Morgan fingerprint density at radius 1 is 1.29 bits per heavy atom. The molecule has 0 aliphatic carbocycles. The van der Waals surface area contributed by atoms with E-state index in [9.17, 15) is 14.9 Å². The Balaban J connectivity index is 1.89. The molecule has 2 fully saturated rings. The number of likely N-dealkylation sites (tertiary alicyclic amines) is 1. The summed E-state index contributed by atoms with van der Waals surface area (Å²) in [6.45, 7) is 3.09. The number of carbonyl (C=O) groups is 1. The largest absolute Gasteiger partial charge is 0.338 e. The van der Waals surface area contributed by atoms with E-state index < -0.39 is 4.92 Å². The first kappa shape index (κ1) is 14.6. The fourth-order valence-corrected chi connectivity index (χ4v) is 3.43. The number of nitrogens with zero attached hydrogens (tertiary/aromatic N) is 2. The molecular weight excluding hydrogens is 317 g/mol. The van der Waals surface area contributed by atoms with E-state index in [2.05, 4.69) is 5.32 Å². The third kappa shape index (κ3) is 2.59. The lowest BCUT2D eigenvalue weighted by molar-refractivity contribution is -0.384. The van der Waals surface area contributed by atoms with Crippen LogP contribution in [0.2, 0.25) is 10.0 Å². The summed E-state index contributed by atoms with van der Waals surface area (Å²) in [5.41, 5.74) is -0.127. The van der Waals surface area contributed by atoms with Gasteiger partial charge in [-0.25, -0.2) is 0 Å². The number of benzene rings is 1. The molecule has 0 saturated carbocycles. The summed E-state index contributed by atoms with van der Waals surface area (Å²) < 4.78 is 0. The molecule has 3 rings (SSSR count). The van der Waals surface area contributed by atoms with E-state index in [1.807, 2.05) is 0 Å². The number of nitro groups is 1. The van der Waals surface area contributed by atoms with Crippen molar-refractivity contribution in [3.05, 3.63) is 37.9 Å². The minimum Gasteiger partial charge on any atom is -0.338 e. The minimum atomic E-state index is -0.582. The molecule has 8 heteroatoms. The lowest BCUT2D eigenvalue weighted by atomic mass is 10.0. The Morgan fingerprint density at radius 3 is 2.48 bits per heavy atom. The predicted octanol–water partition coefficient (Wildman–Crippen LogP) is 2.19. The molecule has 1 aromatic carbocycles. The fraction of sp³-hybridized carbons (Fsp3) is 0.462. The molecule has 21 heavy (non-hydrogen) atoms. The van der Waals surface area contributed by atoms with E-state index in [4.69, 9.17) is 23.2 Å². The summed E-state index contributed by atoms with van der Waals surface area (Å²) in [4.78, 5) is 24.6. The molecule has 1 amide bonds. The molecule has 2 saturated heterocycles. The molecule has 1 aromatic rings. The Morgan fingerprint density at radius 2 is 1.90 bits per heavy atom. The van der Waals surface area contributed by atoms with E-state index in [1.165, 1.54) is 6.07 Å². The van der Waals surface area contributed by atoms with Crippen molar-refractivity contribution >= 4 is 34.8 Å². The number of rotatable bonds is 2. The normalized spacial score (nSPS) is 24.2. The van der Waals surface area contributed by atoms with E-state index in [0.717, 1.165) is 19.2 Å². The van der Waals surface area contributed by atoms with Crippen LogP contribution in [0.25, 0.3) is 0 Å². The number of halogens is 2. The topological polar surface area (TPSA) is 75.5 Å². The van der Waals surface area contributed by atoms with Crippen molar-refractivity contribution in [3.63, 3.8) is 0 Å². The smallest absolute Gasteiger partial charge is 0.271 e. The van der Waals surface area contributed by atoms with Crippen molar-refractivity contribution < 1.29 is 9.72 Å². The summed E-state index contributed by atoms with van der Waals surface area (Å²) in [6.07, 6.45) is 0. The maximum absolute atomic E-state index is 12.6. The second kappa shape index (κ2) is 5.44. The first-order valence-corrected chi connectivity index (χ1v) is 7.36. The lowest BCUT2D eigenvalue weighted by Gasteiger charge is -2.18. The van der Waals surface area contributed by atoms with Crippen LogP contribution < -0.4 is 5.32 Å². The predicted molar refractivity (Wildman–Crippen MR) is 78.9 cm³/mol. The second-order valence-electron chi connectivity index (χ2n) is 5.43. The molecule has 2 atom stereocenters. The highest BCUT2D eigenvalue weighted by Gasteiger charge is 2.39. The molecule has 0 spiro atoms. The molecule has 0 aromatic heterocycles. The van der Waals surface area contributed by atoms with Gasteiger partial charge in [0.2, 0.25) is 0 Å². The van der Waals surface area contributed by atoms with Crippen molar-refractivity contribution in [2.45, 2.75) is 0 Å². The maximum Gasteiger partial charge on any atom is 0.271 e. The first-order valence-electron chi connectivity index (χ1n) is 6.61. The molecular formula is C13H13Cl2N3O3. The molecule has 0 radical (unpaired) electrons. The number of non-ortho nitro benzene ring substituents is 1. The van der Waals surface area contributed by atoms with Crippen molar-refractivity contribution in [3.8, 4) is 0 Å². The summed E-state index contributed by atoms with van der Waals surface area (Å²) >= 11 is 11.9. The Kier molecular flexibility index (Phi) is 3.77. The fourth-order valence-electron chi connectivity index (χ4n) is 3.03. The van der Waals surface area contributed by atoms with Gasteiger partial charge in [0.1, 0.15) is 0 Å². The van der Waals surface area contributed by atoms with Crippen molar-refractivity contribution in [2.24, 2.45) is 11.8 Å². The molecule has 2 aliphatic heterocycles. The van der Waals surface area contributed by atoms with Gasteiger partial charge in [-0.2, -0.15) is 0 Å². The zero-order chi connectivity index (χ0) is 15.1. The van der Waals surface area contributed by atoms with Gasteiger partial charge in [-0.05, 0) is 11.8 Å². The van der Waals surface area contributed by atoms with Gasteiger partial charge in [0, 0.05) is 38.3 Å². The van der Waals surface area contributed by atoms with E-state index in [0.29, 0.717) is 24.9 Å². The quantitative estimate of drug-likeness (QED) is 0.666. The van der Waals surface area contributed by atoms with Gasteiger partial charge in [0.05, 0.1) is 20.5 Å². The van der Waals surface area contributed by atoms with Gasteiger partial charge in [-0.3, -0.25) is 14.9 Å². The highest BCUT2D eigenvalue weighted by Crippen LogP contribution is 2.34. The molecule has 0 unspecified atom stereocenters. The van der Waals surface area contributed by atoms with Crippen LogP contribution in [0, 0.1) is 22.0 Å². The first-order chi connectivity index (χ1) is 9.97. The molecule has 112 valence electrons. The monoisotopic (exact) mass is 329 g/mol. The van der Waals surface area contributed by atoms with Crippen molar-refractivity contribution in [1.29, 1.82) is 0 Å². The van der Waals surface area contributed by atoms with E-state index in [-0.39, 0.29) is 27.2 Å².